The number of carbonyl (C=O) groups excluding carboxylic acids is 1. The minimum Gasteiger partial charge on any atom is -0.507 e. The van der Waals surface area contributed by atoms with Crippen LogP contribution >= 0.6 is 11.6 Å². The number of hydrogen-bond donors (Lipinski definition) is 2. The van der Waals surface area contributed by atoms with E-state index in [9.17, 15) is 25.4 Å². The van der Waals surface area contributed by atoms with Crippen molar-refractivity contribution in [3.05, 3.63) is 122 Å². The minimum absolute atomic E-state index is 0.0290. The molecule has 0 bridgehead atoms. The van der Waals surface area contributed by atoms with Gasteiger partial charge in [0.1, 0.15) is 11.6 Å². The number of nitro groups is 1. The third-order valence-corrected chi connectivity index (χ3v) is 7.30. The highest BCUT2D eigenvalue weighted by molar-refractivity contribution is 6.30. The maximum Gasteiger partial charge on any atom is 0.269 e. The third kappa shape index (κ3) is 4.50. The van der Waals surface area contributed by atoms with E-state index in [2.05, 4.69) is 0 Å². The van der Waals surface area contributed by atoms with Crippen molar-refractivity contribution in [1.82, 2.24) is 0 Å². The average molecular weight is 528 g/mol. The topological polar surface area (TPSA) is 108 Å². The first-order valence-corrected chi connectivity index (χ1v) is 12.6. The quantitative estimate of drug-likeness (QED) is 0.208. The number of carbonyl (C=O) groups is 1. The van der Waals surface area contributed by atoms with Crippen molar-refractivity contribution in [2.24, 2.45) is 5.41 Å². The lowest BCUT2D eigenvalue weighted by atomic mass is 9.67. The van der Waals surface area contributed by atoms with Crippen molar-refractivity contribution in [3.63, 3.8) is 0 Å². The summed E-state index contributed by atoms with van der Waals surface area (Å²) in [6.07, 6.45) is 0.832. The van der Waals surface area contributed by atoms with Gasteiger partial charge in [-0.15, -0.1) is 0 Å². The standard InChI is InChI=1S/C30H26ClN3O4/c1-30(2)16-23-26(24(35)17-30)25(18-8-12-22(13-9-18)34(37)38)27(28(36)19-6-4-3-5-7-19)29(32)33(23)21-14-10-20(31)11-15-21/h3-15,25,32,36H,16-17H2,1-2H3/t25-/m1/s1. The number of aliphatic hydroxyl groups is 1. The molecule has 0 amide bonds. The summed E-state index contributed by atoms with van der Waals surface area (Å²) >= 11 is 6.15. The number of nitrogens with one attached hydrogen (secondary N) is 1. The minimum atomic E-state index is -0.773. The highest BCUT2D eigenvalue weighted by atomic mass is 35.5. The molecule has 38 heavy (non-hydrogen) atoms. The number of allylic oxidation sites excluding steroid dienone is 2. The molecule has 3 aromatic rings. The number of nitro benzene ring substituents is 1. The van der Waals surface area contributed by atoms with Crippen molar-refractivity contribution in [3.8, 4) is 0 Å². The molecule has 5 rings (SSSR count). The van der Waals surface area contributed by atoms with E-state index < -0.39 is 10.8 Å². The molecule has 1 atom stereocenters. The van der Waals surface area contributed by atoms with Crippen molar-refractivity contribution in [2.75, 3.05) is 4.90 Å². The maximum atomic E-state index is 13.9. The SMILES string of the molecule is CC1(C)CC(=O)C2=C(C1)N(c1ccc(Cl)cc1)C(=N)C(=C(O)c1ccccc1)[C@@H]2c1ccc([N+](=O)[O-])cc1. The lowest BCUT2D eigenvalue weighted by molar-refractivity contribution is -0.384. The monoisotopic (exact) mass is 527 g/mol. The summed E-state index contributed by atoms with van der Waals surface area (Å²) in [6.45, 7) is 4.04. The van der Waals surface area contributed by atoms with Crippen LogP contribution in [-0.4, -0.2) is 21.6 Å². The van der Waals surface area contributed by atoms with E-state index in [0.717, 1.165) is 0 Å². The van der Waals surface area contributed by atoms with Gasteiger partial charge in [0.25, 0.3) is 5.69 Å². The summed E-state index contributed by atoms with van der Waals surface area (Å²) in [7, 11) is 0. The van der Waals surface area contributed by atoms with Gasteiger partial charge in [-0.3, -0.25) is 25.2 Å². The Kier molecular flexibility index (Phi) is 6.41. The number of amidine groups is 1. The Morgan fingerprint density at radius 1 is 1.03 bits per heavy atom. The molecule has 0 radical (unpaired) electrons. The molecule has 2 N–H and O–H groups in total. The summed E-state index contributed by atoms with van der Waals surface area (Å²) < 4.78 is 0. The first-order valence-electron chi connectivity index (χ1n) is 12.2. The Balaban J connectivity index is 1.83. The van der Waals surface area contributed by atoms with Gasteiger partial charge in [-0.1, -0.05) is 67.9 Å². The van der Waals surface area contributed by atoms with E-state index in [0.29, 0.717) is 45.9 Å². The molecule has 0 aromatic heterocycles. The van der Waals surface area contributed by atoms with Gasteiger partial charge >= 0.3 is 0 Å². The van der Waals surface area contributed by atoms with Crippen molar-refractivity contribution in [1.29, 1.82) is 5.41 Å². The second-order valence-electron chi connectivity index (χ2n) is 10.4. The molecule has 0 saturated heterocycles. The number of rotatable bonds is 4. The van der Waals surface area contributed by atoms with Gasteiger partial charge in [0.05, 0.1) is 4.92 Å². The van der Waals surface area contributed by atoms with Crippen LogP contribution in [0.2, 0.25) is 5.02 Å². The van der Waals surface area contributed by atoms with Crippen LogP contribution < -0.4 is 4.90 Å². The average Bonchev–Trinajstić information content (AvgIpc) is 2.88. The largest absolute Gasteiger partial charge is 0.507 e. The summed E-state index contributed by atoms with van der Waals surface area (Å²) in [5.74, 6) is -0.946. The van der Waals surface area contributed by atoms with E-state index in [1.54, 1.807) is 65.6 Å². The number of halogens is 1. The van der Waals surface area contributed by atoms with Gasteiger partial charge < -0.3 is 5.11 Å². The number of Topliss-reactive ketones (excluding diaryl/α,β-unsaturated/α-hetero) is 1. The second kappa shape index (κ2) is 9.58. The van der Waals surface area contributed by atoms with Crippen molar-refractivity contribution >= 4 is 40.4 Å². The first kappa shape index (κ1) is 25.4. The Morgan fingerprint density at radius 3 is 2.26 bits per heavy atom. The van der Waals surface area contributed by atoms with Crippen LogP contribution in [0.1, 0.15) is 43.7 Å². The number of ketones is 1. The molecular formula is C30H26ClN3O4. The van der Waals surface area contributed by atoms with Crippen LogP contribution in [0.4, 0.5) is 11.4 Å². The second-order valence-corrected chi connectivity index (χ2v) is 10.8. The molecule has 2 aliphatic rings. The Bertz CT molecular complexity index is 1510. The van der Waals surface area contributed by atoms with Crippen LogP contribution in [0.5, 0.6) is 0 Å². The van der Waals surface area contributed by atoms with E-state index in [-0.39, 0.29) is 34.1 Å². The van der Waals surface area contributed by atoms with Crippen LogP contribution in [-0.2, 0) is 4.79 Å². The molecule has 192 valence electrons. The van der Waals surface area contributed by atoms with Gasteiger partial charge in [-0.05, 0) is 41.7 Å². The molecule has 1 heterocycles. The summed E-state index contributed by atoms with van der Waals surface area (Å²) in [5, 5.41) is 32.9. The smallest absolute Gasteiger partial charge is 0.269 e. The van der Waals surface area contributed by atoms with Crippen molar-refractivity contribution < 1.29 is 14.8 Å². The molecule has 0 unspecified atom stereocenters. The number of benzene rings is 3. The van der Waals surface area contributed by atoms with Gasteiger partial charge in [0.2, 0.25) is 0 Å². The Labute approximate surface area is 225 Å². The zero-order valence-electron chi connectivity index (χ0n) is 20.9. The molecule has 7 nitrogen and oxygen atoms in total. The fourth-order valence-electron chi connectivity index (χ4n) is 5.36. The molecule has 3 aromatic carbocycles. The Hall–Kier alpha value is -4.23. The predicted molar refractivity (Wildman–Crippen MR) is 149 cm³/mol. The van der Waals surface area contributed by atoms with Gasteiger partial charge in [-0.25, -0.2) is 0 Å². The molecule has 0 spiro atoms. The molecule has 0 saturated carbocycles. The zero-order chi connectivity index (χ0) is 27.2. The lowest BCUT2D eigenvalue weighted by Gasteiger charge is -2.45. The maximum absolute atomic E-state index is 13.9. The van der Waals surface area contributed by atoms with Gasteiger partial charge in [-0.2, -0.15) is 0 Å². The molecular weight excluding hydrogens is 502 g/mol. The van der Waals surface area contributed by atoms with E-state index in [1.807, 2.05) is 19.9 Å². The van der Waals surface area contributed by atoms with E-state index in [4.69, 9.17) is 11.6 Å². The molecule has 1 aliphatic carbocycles. The fourth-order valence-corrected chi connectivity index (χ4v) is 5.49. The summed E-state index contributed by atoms with van der Waals surface area (Å²) in [4.78, 5) is 26.4. The van der Waals surface area contributed by atoms with Gasteiger partial charge in [0, 0.05) is 57.6 Å². The molecule has 8 heteroatoms. The Morgan fingerprint density at radius 2 is 1.66 bits per heavy atom. The molecule has 1 aliphatic heterocycles. The number of hydrogen-bond acceptors (Lipinski definition) is 5. The van der Waals surface area contributed by atoms with Gasteiger partial charge in [0.15, 0.2) is 5.78 Å². The third-order valence-electron chi connectivity index (χ3n) is 7.05. The first-order chi connectivity index (χ1) is 18.1. The molecule has 0 fully saturated rings. The lowest BCUT2D eigenvalue weighted by Crippen LogP contribution is -2.45. The van der Waals surface area contributed by atoms with E-state index >= 15 is 0 Å². The predicted octanol–water partition coefficient (Wildman–Crippen LogP) is 7.44. The highest BCUT2D eigenvalue weighted by Gasteiger charge is 2.46. The van der Waals surface area contributed by atoms with Crippen molar-refractivity contribution in [2.45, 2.75) is 32.6 Å². The number of anilines is 1. The van der Waals surface area contributed by atoms with E-state index in [1.165, 1.54) is 12.1 Å². The number of aliphatic hydroxyl groups excluding tert-OH is 1. The normalized spacial score (nSPS) is 20.3. The van der Waals surface area contributed by atoms with Crippen LogP contribution in [0.15, 0.2) is 95.7 Å². The highest BCUT2D eigenvalue weighted by Crippen LogP contribution is 2.51. The number of nitrogens with zero attached hydrogens (tertiary/aromatic N) is 2. The summed E-state index contributed by atoms with van der Waals surface area (Å²) in [6, 6.07) is 21.9. The number of non-ortho nitro benzene ring substituents is 1. The summed E-state index contributed by atoms with van der Waals surface area (Å²) in [5.41, 5.74) is 2.75. The van der Waals surface area contributed by atoms with Crippen LogP contribution in [0, 0.1) is 20.9 Å². The van der Waals surface area contributed by atoms with Crippen LogP contribution in [0.25, 0.3) is 5.76 Å². The fraction of sp³-hybridized carbons (Fsp3) is 0.200. The van der Waals surface area contributed by atoms with Crippen LogP contribution in [0.3, 0.4) is 0 Å². The zero-order valence-corrected chi connectivity index (χ0v) is 21.7.